The molecule has 6 rings (SSSR count). The number of aromatic amines is 1. The molecule has 0 bridgehead atoms. The molecule has 40 heavy (non-hydrogen) atoms. The summed E-state index contributed by atoms with van der Waals surface area (Å²) in [7, 11) is 0. The lowest BCUT2D eigenvalue weighted by Crippen LogP contribution is -2.45. The van der Waals surface area contributed by atoms with Crippen LogP contribution in [-0.4, -0.2) is 81.4 Å². The number of H-pyrrole nitrogens is 1. The monoisotopic (exact) mass is 543 g/mol. The number of carbonyl (C=O) groups excluding carboxylic acids is 1. The number of fused-ring (bicyclic) bond motifs is 1. The molecule has 0 aliphatic carbocycles. The van der Waals surface area contributed by atoms with Crippen LogP contribution in [0.3, 0.4) is 0 Å². The van der Waals surface area contributed by atoms with Gasteiger partial charge in [-0.1, -0.05) is 19.1 Å². The zero-order chi connectivity index (χ0) is 27.6. The van der Waals surface area contributed by atoms with E-state index in [9.17, 15) is 4.79 Å². The standard InChI is InChI=1S/C30H34FN7O2/c1-3-36-13-15-37(16-14-36)18-21-5-7-22(8-6-21)35-28-26(30(39)38-11-4-12-38)29(33-19-32-28)40-25-10-9-24-23(27(25)31)17-20(2)34-24/h5-10,17,19,34H,3-4,11-16,18H2,1-2H3,(H,32,33,35). The van der Waals surface area contributed by atoms with E-state index in [2.05, 4.69) is 49.1 Å². The topological polar surface area (TPSA) is 89.6 Å². The molecule has 2 fully saturated rings. The molecule has 2 saturated heterocycles. The number of amides is 1. The third-order valence-electron chi connectivity index (χ3n) is 7.75. The summed E-state index contributed by atoms with van der Waals surface area (Å²) >= 11 is 0. The zero-order valence-electron chi connectivity index (χ0n) is 22.9. The Balaban J connectivity index is 1.24. The molecule has 208 valence electrons. The first-order valence-electron chi connectivity index (χ1n) is 13.9. The second kappa shape index (κ2) is 11.2. The van der Waals surface area contributed by atoms with Crippen LogP contribution in [0.5, 0.6) is 11.6 Å². The number of nitrogens with zero attached hydrogens (tertiary/aromatic N) is 5. The van der Waals surface area contributed by atoms with Crippen molar-refractivity contribution in [1.29, 1.82) is 0 Å². The number of aromatic nitrogens is 3. The molecule has 10 heteroatoms. The SMILES string of the molecule is CCN1CCN(Cc2ccc(Nc3ncnc(Oc4ccc5[nH]c(C)cc5c4F)c3C(=O)N3CCC3)cc2)CC1. The average Bonchev–Trinajstić information content (AvgIpc) is 3.32. The van der Waals surface area contributed by atoms with Crippen LogP contribution in [0, 0.1) is 12.7 Å². The number of aryl methyl sites for hydroxylation is 1. The quantitative estimate of drug-likeness (QED) is 0.326. The fraction of sp³-hybridized carbons (Fsp3) is 0.367. The van der Waals surface area contributed by atoms with Gasteiger partial charge in [-0.15, -0.1) is 0 Å². The average molecular weight is 544 g/mol. The maximum atomic E-state index is 15.3. The second-order valence-electron chi connectivity index (χ2n) is 10.5. The first kappa shape index (κ1) is 26.2. The minimum absolute atomic E-state index is 0.00191. The Morgan fingerprint density at radius 1 is 1.02 bits per heavy atom. The van der Waals surface area contributed by atoms with Crippen molar-refractivity contribution in [2.75, 3.05) is 51.1 Å². The van der Waals surface area contributed by atoms with Gasteiger partial charge in [-0.2, -0.15) is 0 Å². The summed E-state index contributed by atoms with van der Waals surface area (Å²) < 4.78 is 21.3. The molecule has 0 spiro atoms. The zero-order valence-corrected chi connectivity index (χ0v) is 22.9. The van der Waals surface area contributed by atoms with Crippen molar-refractivity contribution in [3.63, 3.8) is 0 Å². The van der Waals surface area contributed by atoms with E-state index in [1.54, 1.807) is 23.1 Å². The molecule has 9 nitrogen and oxygen atoms in total. The van der Waals surface area contributed by atoms with Gasteiger partial charge in [-0.05, 0) is 55.8 Å². The van der Waals surface area contributed by atoms with Crippen molar-refractivity contribution < 1.29 is 13.9 Å². The molecule has 2 aliphatic rings. The van der Waals surface area contributed by atoms with Crippen molar-refractivity contribution in [1.82, 2.24) is 29.7 Å². The van der Waals surface area contributed by atoms with Gasteiger partial charge in [-0.3, -0.25) is 9.69 Å². The number of likely N-dealkylation sites (N-methyl/N-ethyl adjacent to an activating group) is 1. The highest BCUT2D eigenvalue weighted by Gasteiger charge is 2.30. The van der Waals surface area contributed by atoms with E-state index >= 15 is 4.39 Å². The van der Waals surface area contributed by atoms with Gasteiger partial charge < -0.3 is 24.8 Å². The number of piperazine rings is 1. The van der Waals surface area contributed by atoms with Gasteiger partial charge in [0, 0.05) is 68.1 Å². The Labute approximate surface area is 233 Å². The highest BCUT2D eigenvalue weighted by atomic mass is 19.1. The van der Waals surface area contributed by atoms with E-state index in [4.69, 9.17) is 4.74 Å². The van der Waals surface area contributed by atoms with Crippen LogP contribution in [0.2, 0.25) is 0 Å². The molecule has 4 aromatic rings. The number of benzene rings is 2. The van der Waals surface area contributed by atoms with Crippen LogP contribution < -0.4 is 10.1 Å². The van der Waals surface area contributed by atoms with Crippen molar-refractivity contribution in [3.05, 3.63) is 71.4 Å². The number of carbonyl (C=O) groups is 1. The van der Waals surface area contributed by atoms with Crippen LogP contribution in [0.1, 0.15) is 35.0 Å². The maximum Gasteiger partial charge on any atom is 0.263 e. The van der Waals surface area contributed by atoms with Gasteiger partial charge in [0.15, 0.2) is 17.4 Å². The summed E-state index contributed by atoms with van der Waals surface area (Å²) in [5, 5.41) is 3.70. The molecular formula is C30H34FN7O2. The van der Waals surface area contributed by atoms with E-state index in [1.165, 1.54) is 11.9 Å². The van der Waals surface area contributed by atoms with Crippen molar-refractivity contribution in [2.45, 2.75) is 26.8 Å². The second-order valence-corrected chi connectivity index (χ2v) is 10.5. The van der Waals surface area contributed by atoms with Gasteiger partial charge in [0.25, 0.3) is 5.91 Å². The van der Waals surface area contributed by atoms with Crippen LogP contribution in [0.25, 0.3) is 10.9 Å². The first-order valence-corrected chi connectivity index (χ1v) is 13.9. The van der Waals surface area contributed by atoms with Crippen LogP contribution in [-0.2, 0) is 6.54 Å². The third-order valence-corrected chi connectivity index (χ3v) is 7.75. The van der Waals surface area contributed by atoms with Gasteiger partial charge in [0.05, 0.1) is 0 Å². The summed E-state index contributed by atoms with van der Waals surface area (Å²) in [4.78, 5) is 31.9. The number of ether oxygens (including phenoxy) is 1. The smallest absolute Gasteiger partial charge is 0.263 e. The highest BCUT2D eigenvalue weighted by Crippen LogP contribution is 2.34. The van der Waals surface area contributed by atoms with Crippen molar-refractivity contribution >= 4 is 28.3 Å². The van der Waals surface area contributed by atoms with E-state index in [1.807, 2.05) is 19.1 Å². The minimum atomic E-state index is -0.510. The van der Waals surface area contributed by atoms with Crippen LogP contribution in [0.4, 0.5) is 15.9 Å². The summed E-state index contributed by atoms with van der Waals surface area (Å²) in [6.45, 7) is 11.7. The maximum absolute atomic E-state index is 15.3. The Hall–Kier alpha value is -4.02. The Bertz CT molecular complexity index is 1510. The minimum Gasteiger partial charge on any atom is -0.435 e. The lowest BCUT2D eigenvalue weighted by molar-refractivity contribution is 0.0649. The number of halogens is 1. The number of rotatable bonds is 8. The van der Waals surface area contributed by atoms with Crippen LogP contribution >= 0.6 is 0 Å². The van der Waals surface area contributed by atoms with E-state index < -0.39 is 5.82 Å². The molecular weight excluding hydrogens is 509 g/mol. The molecule has 1 amide bonds. The van der Waals surface area contributed by atoms with Crippen molar-refractivity contribution in [3.8, 4) is 11.6 Å². The predicted molar refractivity (Wildman–Crippen MR) is 153 cm³/mol. The lowest BCUT2D eigenvalue weighted by atomic mass is 10.1. The summed E-state index contributed by atoms with van der Waals surface area (Å²) in [6.07, 6.45) is 2.26. The third kappa shape index (κ3) is 5.37. The van der Waals surface area contributed by atoms with Gasteiger partial charge in [0.1, 0.15) is 11.9 Å². The number of likely N-dealkylation sites (tertiary alicyclic amines) is 1. The molecule has 0 radical (unpaired) electrons. The number of hydrogen-bond acceptors (Lipinski definition) is 7. The van der Waals surface area contributed by atoms with Crippen molar-refractivity contribution in [2.24, 2.45) is 0 Å². The fourth-order valence-electron chi connectivity index (χ4n) is 5.23. The lowest BCUT2D eigenvalue weighted by Gasteiger charge is -2.34. The van der Waals surface area contributed by atoms with Gasteiger partial charge in [-0.25, -0.2) is 14.4 Å². The Kier molecular flexibility index (Phi) is 7.36. The van der Waals surface area contributed by atoms with Crippen LogP contribution in [0.15, 0.2) is 48.8 Å². The van der Waals surface area contributed by atoms with E-state index in [0.717, 1.165) is 57.1 Å². The summed E-state index contributed by atoms with van der Waals surface area (Å²) in [6, 6.07) is 13.2. The molecule has 0 atom stereocenters. The predicted octanol–water partition coefficient (Wildman–Crippen LogP) is 4.92. The molecule has 2 aliphatic heterocycles. The van der Waals surface area contributed by atoms with E-state index in [0.29, 0.717) is 29.8 Å². The Morgan fingerprint density at radius 3 is 2.48 bits per heavy atom. The molecule has 2 aromatic heterocycles. The normalized spacial score (nSPS) is 16.2. The molecule has 2 N–H and O–H groups in total. The summed E-state index contributed by atoms with van der Waals surface area (Å²) in [5.41, 5.74) is 3.72. The molecule has 4 heterocycles. The van der Waals surface area contributed by atoms with Gasteiger partial charge >= 0.3 is 0 Å². The van der Waals surface area contributed by atoms with E-state index in [-0.39, 0.29) is 23.1 Å². The largest absolute Gasteiger partial charge is 0.435 e. The summed E-state index contributed by atoms with van der Waals surface area (Å²) in [5.74, 6) is -0.417. The Morgan fingerprint density at radius 2 is 1.77 bits per heavy atom. The number of nitrogens with one attached hydrogen (secondary N) is 2. The van der Waals surface area contributed by atoms with Gasteiger partial charge in [0.2, 0.25) is 5.88 Å². The molecule has 0 unspecified atom stereocenters. The number of anilines is 2. The molecule has 0 saturated carbocycles. The fourth-order valence-corrected chi connectivity index (χ4v) is 5.23. The highest BCUT2D eigenvalue weighted by molar-refractivity contribution is 6.02. The number of hydrogen-bond donors (Lipinski definition) is 2. The first-order chi connectivity index (χ1) is 19.5. The molecule has 2 aromatic carbocycles.